The van der Waals surface area contributed by atoms with Crippen LogP contribution in [-0.4, -0.2) is 19.6 Å². The largest absolute Gasteiger partial charge is 0.371 e. The van der Waals surface area contributed by atoms with E-state index in [2.05, 4.69) is 37.9 Å². The number of nitrogens with zero attached hydrogens (tertiary/aromatic N) is 1. The summed E-state index contributed by atoms with van der Waals surface area (Å²) in [4.78, 5) is 2.39. The molecule has 0 amide bonds. The first-order chi connectivity index (χ1) is 9.37. The molecule has 0 radical (unpaired) electrons. The molecular formula is C17H27FN2. The highest BCUT2D eigenvalue weighted by molar-refractivity contribution is 5.55. The van der Waals surface area contributed by atoms with Crippen molar-refractivity contribution in [2.24, 2.45) is 11.3 Å². The third-order valence-corrected chi connectivity index (χ3v) is 3.93. The normalized spacial score (nSPS) is 18.0. The SMILES string of the molecule is CC(C)CNCc1cc(F)ccc1N1CCC(C)(C)C1. The number of benzene rings is 1. The van der Waals surface area contributed by atoms with Crippen LogP contribution < -0.4 is 10.2 Å². The molecular weight excluding hydrogens is 251 g/mol. The van der Waals surface area contributed by atoms with Gasteiger partial charge in [0.15, 0.2) is 0 Å². The minimum absolute atomic E-state index is 0.145. The lowest BCUT2D eigenvalue weighted by Gasteiger charge is -2.24. The van der Waals surface area contributed by atoms with Crippen molar-refractivity contribution in [1.29, 1.82) is 0 Å². The van der Waals surface area contributed by atoms with Gasteiger partial charge >= 0.3 is 0 Å². The summed E-state index contributed by atoms with van der Waals surface area (Å²) in [6.07, 6.45) is 1.20. The fraction of sp³-hybridized carbons (Fsp3) is 0.647. The number of anilines is 1. The van der Waals surface area contributed by atoms with Gasteiger partial charge in [-0.25, -0.2) is 4.39 Å². The van der Waals surface area contributed by atoms with Gasteiger partial charge in [-0.05, 0) is 48.1 Å². The minimum atomic E-state index is -0.145. The second kappa shape index (κ2) is 6.13. The molecule has 2 rings (SSSR count). The molecule has 2 nitrogen and oxygen atoms in total. The number of nitrogens with one attached hydrogen (secondary N) is 1. The zero-order valence-electron chi connectivity index (χ0n) is 13.2. The molecule has 3 heteroatoms. The van der Waals surface area contributed by atoms with Crippen LogP contribution in [-0.2, 0) is 6.54 Å². The Morgan fingerprint density at radius 2 is 2.10 bits per heavy atom. The first-order valence-electron chi connectivity index (χ1n) is 7.61. The monoisotopic (exact) mass is 278 g/mol. The van der Waals surface area contributed by atoms with Crippen molar-refractivity contribution in [1.82, 2.24) is 5.32 Å². The Hall–Kier alpha value is -1.09. The van der Waals surface area contributed by atoms with E-state index in [1.807, 2.05) is 6.07 Å². The zero-order valence-corrected chi connectivity index (χ0v) is 13.2. The molecule has 0 bridgehead atoms. The van der Waals surface area contributed by atoms with E-state index in [1.54, 1.807) is 12.1 Å². The lowest BCUT2D eigenvalue weighted by molar-refractivity contribution is 0.418. The summed E-state index contributed by atoms with van der Waals surface area (Å²) >= 11 is 0. The summed E-state index contributed by atoms with van der Waals surface area (Å²) in [5.41, 5.74) is 2.62. The van der Waals surface area contributed by atoms with E-state index < -0.39 is 0 Å². The predicted octanol–water partition coefficient (Wildman–Crippen LogP) is 3.81. The fourth-order valence-electron chi connectivity index (χ4n) is 2.82. The summed E-state index contributed by atoms with van der Waals surface area (Å²) in [7, 11) is 0. The maximum Gasteiger partial charge on any atom is 0.123 e. The van der Waals surface area contributed by atoms with Crippen LogP contribution in [0.4, 0.5) is 10.1 Å². The average Bonchev–Trinajstić information content (AvgIpc) is 2.69. The molecule has 0 saturated carbocycles. The predicted molar refractivity (Wildman–Crippen MR) is 83.6 cm³/mol. The van der Waals surface area contributed by atoms with E-state index in [0.717, 1.165) is 31.7 Å². The summed E-state index contributed by atoms with van der Waals surface area (Å²) in [5.74, 6) is 0.464. The topological polar surface area (TPSA) is 15.3 Å². The van der Waals surface area contributed by atoms with E-state index >= 15 is 0 Å². The maximum absolute atomic E-state index is 13.5. The van der Waals surface area contributed by atoms with Crippen molar-refractivity contribution < 1.29 is 4.39 Å². The summed E-state index contributed by atoms with van der Waals surface area (Å²) in [6.45, 7) is 12.8. The van der Waals surface area contributed by atoms with E-state index in [4.69, 9.17) is 0 Å². The van der Waals surface area contributed by atoms with Crippen molar-refractivity contribution >= 4 is 5.69 Å². The van der Waals surface area contributed by atoms with Crippen LogP contribution >= 0.6 is 0 Å². The molecule has 0 spiro atoms. The molecule has 1 fully saturated rings. The highest BCUT2D eigenvalue weighted by Crippen LogP contribution is 2.34. The van der Waals surface area contributed by atoms with Crippen molar-refractivity contribution in [2.75, 3.05) is 24.5 Å². The van der Waals surface area contributed by atoms with Crippen LogP contribution in [0.5, 0.6) is 0 Å². The highest BCUT2D eigenvalue weighted by Gasteiger charge is 2.30. The molecule has 1 N–H and O–H groups in total. The van der Waals surface area contributed by atoms with E-state index in [1.165, 1.54) is 12.1 Å². The first-order valence-corrected chi connectivity index (χ1v) is 7.61. The van der Waals surface area contributed by atoms with E-state index in [-0.39, 0.29) is 5.82 Å². The number of rotatable bonds is 5. The lowest BCUT2D eigenvalue weighted by atomic mass is 9.93. The van der Waals surface area contributed by atoms with Gasteiger partial charge in [-0.15, -0.1) is 0 Å². The third-order valence-electron chi connectivity index (χ3n) is 3.93. The zero-order chi connectivity index (χ0) is 14.8. The molecule has 20 heavy (non-hydrogen) atoms. The van der Waals surface area contributed by atoms with Gasteiger partial charge in [-0.1, -0.05) is 27.7 Å². The Bertz CT molecular complexity index is 454. The third kappa shape index (κ3) is 3.95. The van der Waals surface area contributed by atoms with Crippen molar-refractivity contribution in [2.45, 2.75) is 40.7 Å². The Morgan fingerprint density at radius 1 is 1.35 bits per heavy atom. The standard InChI is InChI=1S/C17H27FN2/c1-13(2)10-19-11-14-9-15(18)5-6-16(14)20-8-7-17(3,4)12-20/h5-6,9,13,19H,7-8,10-12H2,1-4H3. The van der Waals surface area contributed by atoms with Crippen LogP contribution in [0, 0.1) is 17.2 Å². The number of hydrogen-bond donors (Lipinski definition) is 1. The molecule has 1 aromatic carbocycles. The molecule has 1 aliphatic heterocycles. The number of hydrogen-bond acceptors (Lipinski definition) is 2. The van der Waals surface area contributed by atoms with Gasteiger partial charge in [-0.2, -0.15) is 0 Å². The van der Waals surface area contributed by atoms with Crippen molar-refractivity contribution in [3.05, 3.63) is 29.6 Å². The Kier molecular flexibility index (Phi) is 4.69. The van der Waals surface area contributed by atoms with Crippen molar-refractivity contribution in [3.8, 4) is 0 Å². The van der Waals surface area contributed by atoms with Gasteiger partial charge in [0.05, 0.1) is 0 Å². The first kappa shape index (κ1) is 15.3. The molecule has 1 aliphatic rings. The Morgan fingerprint density at radius 3 is 2.70 bits per heavy atom. The molecule has 1 heterocycles. The molecule has 0 aliphatic carbocycles. The van der Waals surface area contributed by atoms with Gasteiger partial charge in [0, 0.05) is 25.3 Å². The van der Waals surface area contributed by atoms with E-state index in [0.29, 0.717) is 11.3 Å². The molecule has 1 saturated heterocycles. The average molecular weight is 278 g/mol. The summed E-state index contributed by atoms with van der Waals surface area (Å²) in [5, 5.41) is 3.42. The van der Waals surface area contributed by atoms with Crippen LogP contribution in [0.15, 0.2) is 18.2 Å². The van der Waals surface area contributed by atoms with Gasteiger partial charge in [0.25, 0.3) is 0 Å². The maximum atomic E-state index is 13.5. The second-order valence-electron chi connectivity index (χ2n) is 7.13. The molecule has 1 aromatic rings. The Labute approximate surface area is 122 Å². The Balaban J connectivity index is 2.12. The second-order valence-corrected chi connectivity index (χ2v) is 7.13. The molecule has 0 unspecified atom stereocenters. The lowest BCUT2D eigenvalue weighted by Crippen LogP contribution is -2.26. The van der Waals surface area contributed by atoms with Crippen LogP contribution in [0.1, 0.15) is 39.7 Å². The highest BCUT2D eigenvalue weighted by atomic mass is 19.1. The quantitative estimate of drug-likeness (QED) is 0.881. The van der Waals surface area contributed by atoms with Gasteiger partial charge in [0.2, 0.25) is 0 Å². The van der Waals surface area contributed by atoms with Crippen molar-refractivity contribution in [3.63, 3.8) is 0 Å². The smallest absolute Gasteiger partial charge is 0.123 e. The molecule has 0 aromatic heterocycles. The number of halogens is 1. The van der Waals surface area contributed by atoms with Gasteiger partial charge in [0.1, 0.15) is 5.82 Å². The van der Waals surface area contributed by atoms with E-state index in [9.17, 15) is 4.39 Å². The van der Waals surface area contributed by atoms with Crippen LogP contribution in [0.2, 0.25) is 0 Å². The van der Waals surface area contributed by atoms with Gasteiger partial charge < -0.3 is 10.2 Å². The van der Waals surface area contributed by atoms with Gasteiger partial charge in [-0.3, -0.25) is 0 Å². The van der Waals surface area contributed by atoms with Crippen LogP contribution in [0.3, 0.4) is 0 Å². The summed E-state index contributed by atoms with van der Waals surface area (Å²) < 4.78 is 13.5. The van der Waals surface area contributed by atoms with Crippen LogP contribution in [0.25, 0.3) is 0 Å². The molecule has 112 valence electrons. The minimum Gasteiger partial charge on any atom is -0.371 e. The molecule has 0 atom stereocenters. The summed E-state index contributed by atoms with van der Waals surface area (Å²) in [6, 6.07) is 5.18. The fourth-order valence-corrected chi connectivity index (χ4v) is 2.82.